The molecule has 8 heteroatoms. The van der Waals surface area contributed by atoms with Crippen LogP contribution >= 0.6 is 11.6 Å². The van der Waals surface area contributed by atoms with Crippen molar-refractivity contribution < 1.29 is 9.13 Å². The molecule has 2 aromatic heterocycles. The Bertz CT molecular complexity index is 858. The molecule has 6 nitrogen and oxygen atoms in total. The summed E-state index contributed by atoms with van der Waals surface area (Å²) in [7, 11) is 0. The monoisotopic (exact) mass is 319 g/mol. The summed E-state index contributed by atoms with van der Waals surface area (Å²) < 4.78 is 18.6. The van der Waals surface area contributed by atoms with Crippen LogP contribution in [-0.2, 0) is 0 Å². The van der Waals surface area contributed by atoms with Crippen molar-refractivity contribution in [2.75, 3.05) is 12.3 Å². The molecule has 0 fully saturated rings. The molecule has 0 amide bonds. The molecule has 0 aliphatic heterocycles. The minimum Gasteiger partial charge on any atom is -0.476 e. The van der Waals surface area contributed by atoms with E-state index in [4.69, 9.17) is 22.1 Å². The molecule has 1 aromatic carbocycles. The Balaban J connectivity index is 2.20. The summed E-state index contributed by atoms with van der Waals surface area (Å²) in [5, 5.41) is 0.239. The second-order valence-electron chi connectivity index (χ2n) is 4.37. The normalized spacial score (nSPS) is 10.9. The van der Waals surface area contributed by atoms with Gasteiger partial charge in [-0.1, -0.05) is 11.6 Å². The van der Waals surface area contributed by atoms with Crippen LogP contribution in [0.1, 0.15) is 6.92 Å². The molecule has 0 saturated carbocycles. The highest BCUT2D eigenvalue weighted by molar-refractivity contribution is 6.33. The zero-order valence-electron chi connectivity index (χ0n) is 11.5. The number of fused-ring (bicyclic) bond motifs is 1. The first-order chi connectivity index (χ1) is 10.6. The molecule has 0 bridgehead atoms. The van der Waals surface area contributed by atoms with E-state index in [1.54, 1.807) is 0 Å². The molecule has 0 unspecified atom stereocenters. The lowest BCUT2D eigenvalue weighted by Gasteiger charge is -2.08. The van der Waals surface area contributed by atoms with E-state index >= 15 is 0 Å². The van der Waals surface area contributed by atoms with Crippen molar-refractivity contribution in [3.63, 3.8) is 0 Å². The largest absolute Gasteiger partial charge is 0.476 e. The molecule has 0 radical (unpaired) electrons. The maximum atomic E-state index is 13.2. The lowest BCUT2D eigenvalue weighted by atomic mass is 10.1. The highest BCUT2D eigenvalue weighted by Crippen LogP contribution is 2.29. The van der Waals surface area contributed by atoms with Crippen molar-refractivity contribution >= 4 is 28.7 Å². The molecule has 0 saturated heterocycles. The van der Waals surface area contributed by atoms with Crippen LogP contribution in [0.25, 0.3) is 22.4 Å². The quantitative estimate of drug-likeness (QED) is 0.798. The van der Waals surface area contributed by atoms with Crippen molar-refractivity contribution in [2.24, 2.45) is 0 Å². The van der Waals surface area contributed by atoms with E-state index in [0.29, 0.717) is 29.0 Å². The number of benzene rings is 1. The molecule has 0 atom stereocenters. The molecule has 0 spiro atoms. The Morgan fingerprint density at radius 1 is 1.27 bits per heavy atom. The van der Waals surface area contributed by atoms with Gasteiger partial charge in [-0.15, -0.1) is 0 Å². The van der Waals surface area contributed by atoms with Gasteiger partial charge in [-0.25, -0.2) is 14.4 Å². The summed E-state index contributed by atoms with van der Waals surface area (Å²) in [6.07, 6.45) is 1.49. The SMILES string of the molecule is CCOc1nc(N)nc2ncc(-c3ccc(F)cc3Cl)nc12. The van der Waals surface area contributed by atoms with Gasteiger partial charge in [0.1, 0.15) is 5.82 Å². The Morgan fingerprint density at radius 2 is 2.09 bits per heavy atom. The number of ether oxygens (including phenoxy) is 1. The second-order valence-corrected chi connectivity index (χ2v) is 4.78. The fourth-order valence-corrected chi connectivity index (χ4v) is 2.23. The minimum atomic E-state index is -0.423. The van der Waals surface area contributed by atoms with E-state index in [1.807, 2.05) is 6.92 Å². The number of hydrogen-bond acceptors (Lipinski definition) is 6. The number of nitrogens with two attached hydrogens (primary N) is 1. The highest BCUT2D eigenvalue weighted by atomic mass is 35.5. The van der Waals surface area contributed by atoms with E-state index in [9.17, 15) is 4.39 Å². The van der Waals surface area contributed by atoms with Gasteiger partial charge in [0.05, 0.1) is 23.5 Å². The summed E-state index contributed by atoms with van der Waals surface area (Å²) >= 11 is 6.05. The van der Waals surface area contributed by atoms with Gasteiger partial charge in [0, 0.05) is 5.56 Å². The number of nitrogen functional groups attached to an aromatic ring is 1. The van der Waals surface area contributed by atoms with Crippen molar-refractivity contribution in [3.8, 4) is 17.1 Å². The van der Waals surface area contributed by atoms with Gasteiger partial charge in [-0.2, -0.15) is 9.97 Å². The third kappa shape index (κ3) is 2.62. The summed E-state index contributed by atoms with van der Waals surface area (Å²) in [4.78, 5) is 16.6. The van der Waals surface area contributed by atoms with E-state index in [0.717, 1.165) is 0 Å². The molecule has 3 rings (SSSR count). The van der Waals surface area contributed by atoms with Gasteiger partial charge < -0.3 is 10.5 Å². The summed E-state index contributed by atoms with van der Waals surface area (Å²) in [5.74, 6) is -0.121. The molecule has 112 valence electrons. The van der Waals surface area contributed by atoms with Crippen molar-refractivity contribution in [1.82, 2.24) is 19.9 Å². The first-order valence-electron chi connectivity index (χ1n) is 6.47. The van der Waals surface area contributed by atoms with Gasteiger partial charge in [-0.05, 0) is 25.1 Å². The van der Waals surface area contributed by atoms with E-state index in [2.05, 4.69) is 19.9 Å². The first-order valence-corrected chi connectivity index (χ1v) is 6.84. The standard InChI is InChI=1S/C14H11ClFN5O/c1-2-22-13-11-12(20-14(17)21-13)18-6-10(19-11)8-4-3-7(16)5-9(8)15/h3-6H,2H2,1H3,(H2,17,18,20,21). The Morgan fingerprint density at radius 3 is 2.82 bits per heavy atom. The zero-order chi connectivity index (χ0) is 15.7. The van der Waals surface area contributed by atoms with E-state index < -0.39 is 5.82 Å². The molecule has 0 aliphatic rings. The lowest BCUT2D eigenvalue weighted by Crippen LogP contribution is -2.04. The number of hydrogen-bond donors (Lipinski definition) is 1. The summed E-state index contributed by atoms with van der Waals surface area (Å²) in [6, 6.07) is 4.05. The van der Waals surface area contributed by atoms with Crippen LogP contribution in [0.5, 0.6) is 5.88 Å². The predicted octanol–water partition coefficient (Wildman–Crippen LogP) is 2.86. The average molecular weight is 320 g/mol. The number of aromatic nitrogens is 4. The number of nitrogens with zero attached hydrogens (tertiary/aromatic N) is 4. The minimum absolute atomic E-state index is 0.0535. The zero-order valence-corrected chi connectivity index (χ0v) is 12.3. The van der Waals surface area contributed by atoms with Crippen LogP contribution in [-0.4, -0.2) is 26.5 Å². The number of halogens is 2. The van der Waals surface area contributed by atoms with Crippen molar-refractivity contribution in [3.05, 3.63) is 35.2 Å². The fourth-order valence-electron chi connectivity index (χ4n) is 1.96. The number of rotatable bonds is 3. The van der Waals surface area contributed by atoms with Gasteiger partial charge in [-0.3, -0.25) is 0 Å². The molecule has 0 aliphatic carbocycles. The molecular formula is C14H11ClFN5O. The smallest absolute Gasteiger partial charge is 0.247 e. The van der Waals surface area contributed by atoms with Crippen LogP contribution in [0.15, 0.2) is 24.4 Å². The Labute approximate surface area is 130 Å². The molecule has 2 N–H and O–H groups in total. The van der Waals surface area contributed by atoms with Crippen LogP contribution in [0.4, 0.5) is 10.3 Å². The summed E-state index contributed by atoms with van der Waals surface area (Å²) in [5.41, 5.74) is 7.32. The van der Waals surface area contributed by atoms with Crippen LogP contribution in [0.3, 0.4) is 0 Å². The topological polar surface area (TPSA) is 86.8 Å². The molecule has 3 aromatic rings. The molecule has 2 heterocycles. The van der Waals surface area contributed by atoms with Crippen LogP contribution in [0, 0.1) is 5.82 Å². The van der Waals surface area contributed by atoms with Gasteiger partial charge in [0.15, 0.2) is 11.2 Å². The van der Waals surface area contributed by atoms with Crippen LogP contribution in [0.2, 0.25) is 5.02 Å². The van der Waals surface area contributed by atoms with E-state index in [-0.39, 0.29) is 16.9 Å². The number of anilines is 1. The van der Waals surface area contributed by atoms with E-state index in [1.165, 1.54) is 24.4 Å². The van der Waals surface area contributed by atoms with Crippen molar-refractivity contribution in [2.45, 2.75) is 6.92 Å². The van der Waals surface area contributed by atoms with Crippen molar-refractivity contribution in [1.29, 1.82) is 0 Å². The third-order valence-electron chi connectivity index (χ3n) is 2.88. The predicted molar refractivity (Wildman–Crippen MR) is 81.1 cm³/mol. The average Bonchev–Trinajstić information content (AvgIpc) is 2.47. The lowest BCUT2D eigenvalue weighted by molar-refractivity contribution is 0.330. The first kappa shape index (κ1) is 14.4. The summed E-state index contributed by atoms with van der Waals surface area (Å²) in [6.45, 7) is 2.22. The molecular weight excluding hydrogens is 309 g/mol. The van der Waals surface area contributed by atoms with Gasteiger partial charge in [0.2, 0.25) is 11.8 Å². The van der Waals surface area contributed by atoms with Crippen LogP contribution < -0.4 is 10.5 Å². The maximum absolute atomic E-state index is 13.2. The van der Waals surface area contributed by atoms with Gasteiger partial charge in [0.25, 0.3) is 0 Å². The fraction of sp³-hybridized carbons (Fsp3) is 0.143. The maximum Gasteiger partial charge on any atom is 0.247 e. The highest BCUT2D eigenvalue weighted by Gasteiger charge is 2.13. The molecule has 22 heavy (non-hydrogen) atoms. The van der Waals surface area contributed by atoms with Gasteiger partial charge >= 0.3 is 0 Å². The Hall–Kier alpha value is -2.54. The second kappa shape index (κ2) is 5.69. The third-order valence-corrected chi connectivity index (χ3v) is 3.19. The Kier molecular flexibility index (Phi) is 3.72.